The van der Waals surface area contributed by atoms with Crippen molar-refractivity contribution in [3.8, 4) is 11.6 Å². The molecule has 0 bridgehead atoms. The van der Waals surface area contributed by atoms with Gasteiger partial charge in [-0.25, -0.2) is 19.7 Å². The summed E-state index contributed by atoms with van der Waals surface area (Å²) in [5.41, 5.74) is 0. The number of hydrogen-bond acceptors (Lipinski definition) is 6. The number of hydrogen-bond donors (Lipinski definition) is 1. The largest absolute Gasteiger partial charge is 0.378 e. The molecule has 7 nitrogen and oxygen atoms in total. The van der Waals surface area contributed by atoms with Crippen molar-refractivity contribution in [1.29, 1.82) is 0 Å². The molecule has 0 spiro atoms. The Bertz CT molecular complexity index is 574. The number of aromatic amines is 1. The van der Waals surface area contributed by atoms with Crippen LogP contribution in [0.4, 0.5) is 0 Å². The first kappa shape index (κ1) is 11.3. The molecule has 18 heavy (non-hydrogen) atoms. The summed E-state index contributed by atoms with van der Waals surface area (Å²) in [7, 11) is 0. The Morgan fingerprint density at radius 3 is 2.67 bits per heavy atom. The second-order valence-electron chi connectivity index (χ2n) is 3.80. The number of morpholine rings is 1. The molecule has 0 atom stereocenters. The average Bonchev–Trinajstić information content (AvgIpc) is 2.83. The summed E-state index contributed by atoms with van der Waals surface area (Å²) >= 11 is 5.26. The Kier molecular flexibility index (Phi) is 3.03. The quantitative estimate of drug-likeness (QED) is 0.790. The van der Waals surface area contributed by atoms with Gasteiger partial charge in [-0.15, -0.1) is 5.10 Å². The van der Waals surface area contributed by atoms with E-state index in [4.69, 9.17) is 17.0 Å². The molecule has 2 aromatic heterocycles. The zero-order valence-corrected chi connectivity index (χ0v) is 10.4. The topological polar surface area (TPSA) is 71.9 Å². The lowest BCUT2D eigenvalue weighted by atomic mass is 10.5. The van der Waals surface area contributed by atoms with Crippen molar-refractivity contribution in [2.45, 2.75) is 0 Å². The Labute approximate surface area is 108 Å². The fourth-order valence-corrected chi connectivity index (χ4v) is 2.11. The molecule has 2 aromatic rings. The zero-order valence-electron chi connectivity index (χ0n) is 9.61. The maximum Gasteiger partial charge on any atom is 0.219 e. The van der Waals surface area contributed by atoms with Gasteiger partial charge >= 0.3 is 0 Å². The highest BCUT2D eigenvalue weighted by Gasteiger charge is 2.18. The van der Waals surface area contributed by atoms with Gasteiger partial charge in [-0.3, -0.25) is 0 Å². The van der Waals surface area contributed by atoms with Gasteiger partial charge in [-0.1, -0.05) is 0 Å². The lowest BCUT2D eigenvalue weighted by Crippen LogP contribution is -2.44. The number of H-pyrrole nitrogens is 1. The minimum atomic E-state index is 0.541. The highest BCUT2D eigenvalue weighted by atomic mass is 32.1. The molecule has 0 saturated carbocycles. The van der Waals surface area contributed by atoms with Crippen LogP contribution in [0.2, 0.25) is 0 Å². The maximum absolute atomic E-state index is 5.33. The van der Waals surface area contributed by atoms with Crippen LogP contribution in [0, 0.1) is 4.77 Å². The molecule has 94 valence electrons. The van der Waals surface area contributed by atoms with Crippen molar-refractivity contribution in [2.24, 2.45) is 0 Å². The molecule has 1 saturated heterocycles. The zero-order chi connectivity index (χ0) is 12.4. The minimum absolute atomic E-state index is 0.541. The van der Waals surface area contributed by atoms with E-state index in [1.807, 2.05) is 4.68 Å². The molecule has 3 heterocycles. The molecule has 0 aliphatic carbocycles. The van der Waals surface area contributed by atoms with Crippen molar-refractivity contribution < 1.29 is 4.74 Å². The van der Waals surface area contributed by atoms with Gasteiger partial charge in [0.05, 0.1) is 26.3 Å². The van der Waals surface area contributed by atoms with Gasteiger partial charge in [-0.2, -0.15) is 0 Å². The van der Waals surface area contributed by atoms with E-state index in [1.165, 1.54) is 0 Å². The van der Waals surface area contributed by atoms with E-state index in [9.17, 15) is 0 Å². The van der Waals surface area contributed by atoms with Gasteiger partial charge in [0.1, 0.15) is 0 Å². The van der Waals surface area contributed by atoms with Gasteiger partial charge in [0.25, 0.3) is 0 Å². The number of rotatable bonds is 2. The van der Waals surface area contributed by atoms with Crippen LogP contribution in [0.1, 0.15) is 0 Å². The van der Waals surface area contributed by atoms with Crippen molar-refractivity contribution >= 4 is 12.2 Å². The molecule has 0 unspecified atom stereocenters. The summed E-state index contributed by atoms with van der Waals surface area (Å²) in [4.78, 5) is 8.40. The predicted molar refractivity (Wildman–Crippen MR) is 67.2 cm³/mol. The molecule has 8 heteroatoms. The van der Waals surface area contributed by atoms with E-state index in [-0.39, 0.29) is 0 Å². The molecule has 1 N–H and O–H groups in total. The summed E-state index contributed by atoms with van der Waals surface area (Å²) in [6.45, 7) is 2.91. The van der Waals surface area contributed by atoms with Crippen LogP contribution in [0.25, 0.3) is 11.6 Å². The third-order valence-corrected chi connectivity index (χ3v) is 2.95. The highest BCUT2D eigenvalue weighted by Crippen LogP contribution is 2.12. The number of nitrogens with zero attached hydrogens (tertiary/aromatic N) is 5. The molecular weight excluding hydrogens is 252 g/mol. The Morgan fingerprint density at radius 2 is 1.94 bits per heavy atom. The van der Waals surface area contributed by atoms with Crippen LogP contribution in [-0.2, 0) is 4.74 Å². The standard InChI is InChI=1S/C10H12N6OS/c18-10-14-13-9(8-11-2-1-3-12-8)16(10)15-4-6-17-7-5-15/h1-3H,4-7H2,(H,14,18). The molecule has 0 amide bonds. The number of aromatic nitrogens is 5. The Morgan fingerprint density at radius 1 is 1.22 bits per heavy atom. The second kappa shape index (κ2) is 4.83. The molecule has 1 aliphatic heterocycles. The lowest BCUT2D eigenvalue weighted by Gasteiger charge is -2.29. The number of nitrogens with one attached hydrogen (secondary N) is 1. The second-order valence-corrected chi connectivity index (χ2v) is 4.19. The third-order valence-electron chi connectivity index (χ3n) is 2.69. The van der Waals surface area contributed by atoms with E-state index in [0.29, 0.717) is 29.6 Å². The maximum atomic E-state index is 5.33. The lowest BCUT2D eigenvalue weighted by molar-refractivity contribution is 0.111. The van der Waals surface area contributed by atoms with Crippen LogP contribution < -0.4 is 5.01 Å². The highest BCUT2D eigenvalue weighted by molar-refractivity contribution is 7.71. The van der Waals surface area contributed by atoms with E-state index >= 15 is 0 Å². The summed E-state index contributed by atoms with van der Waals surface area (Å²) in [6, 6.07) is 1.77. The average molecular weight is 264 g/mol. The Hall–Kier alpha value is -1.80. The summed E-state index contributed by atoms with van der Waals surface area (Å²) in [5.74, 6) is 1.18. The first-order valence-electron chi connectivity index (χ1n) is 5.64. The molecule has 3 rings (SSSR count). The van der Waals surface area contributed by atoms with Crippen LogP contribution in [0.5, 0.6) is 0 Å². The van der Waals surface area contributed by atoms with Crippen molar-refractivity contribution in [3.05, 3.63) is 23.2 Å². The van der Waals surface area contributed by atoms with Crippen LogP contribution in [0.3, 0.4) is 0 Å². The smallest absolute Gasteiger partial charge is 0.219 e. The molecular formula is C10H12N6OS. The van der Waals surface area contributed by atoms with Gasteiger partial charge in [-0.05, 0) is 18.3 Å². The third kappa shape index (κ3) is 2.00. The summed E-state index contributed by atoms with van der Waals surface area (Å²) < 4.78 is 7.71. The van der Waals surface area contributed by atoms with Crippen molar-refractivity contribution in [1.82, 2.24) is 24.8 Å². The molecule has 1 aliphatic rings. The molecule has 0 aromatic carbocycles. The molecule has 1 fully saturated rings. The summed E-state index contributed by atoms with van der Waals surface area (Å²) in [5, 5.41) is 9.07. The first-order chi connectivity index (χ1) is 8.86. The number of ether oxygens (including phenoxy) is 1. The van der Waals surface area contributed by atoms with Crippen molar-refractivity contribution in [3.63, 3.8) is 0 Å². The normalized spacial score (nSPS) is 15.9. The Balaban J connectivity index is 2.03. The van der Waals surface area contributed by atoms with Crippen LogP contribution in [0.15, 0.2) is 18.5 Å². The van der Waals surface area contributed by atoms with Crippen LogP contribution >= 0.6 is 12.2 Å². The molecule has 0 radical (unpaired) electrons. The van der Waals surface area contributed by atoms with Gasteiger partial charge in [0.2, 0.25) is 10.6 Å². The van der Waals surface area contributed by atoms with Crippen LogP contribution in [-0.4, -0.2) is 51.1 Å². The minimum Gasteiger partial charge on any atom is -0.378 e. The van der Waals surface area contributed by atoms with E-state index < -0.39 is 0 Å². The predicted octanol–water partition coefficient (Wildman–Crippen LogP) is 0.366. The SMILES string of the molecule is S=c1[nH]nc(-c2ncccn2)n1N1CCOCC1. The van der Waals surface area contributed by atoms with Gasteiger partial charge in [0, 0.05) is 12.4 Å². The van der Waals surface area contributed by atoms with E-state index in [0.717, 1.165) is 13.1 Å². The van der Waals surface area contributed by atoms with E-state index in [2.05, 4.69) is 25.2 Å². The van der Waals surface area contributed by atoms with Gasteiger partial charge < -0.3 is 9.75 Å². The van der Waals surface area contributed by atoms with Gasteiger partial charge in [0.15, 0.2) is 5.82 Å². The van der Waals surface area contributed by atoms with Crippen molar-refractivity contribution in [2.75, 3.05) is 31.3 Å². The fourth-order valence-electron chi connectivity index (χ4n) is 1.87. The summed E-state index contributed by atoms with van der Waals surface area (Å²) in [6.07, 6.45) is 3.37. The first-order valence-corrected chi connectivity index (χ1v) is 6.05. The monoisotopic (exact) mass is 264 g/mol. The fraction of sp³-hybridized carbons (Fsp3) is 0.400. The van der Waals surface area contributed by atoms with E-state index in [1.54, 1.807) is 18.5 Å².